The minimum atomic E-state index is -0.0473. The third kappa shape index (κ3) is 4.90. The van der Waals surface area contributed by atoms with Gasteiger partial charge in [-0.3, -0.25) is 9.69 Å². The second-order valence-electron chi connectivity index (χ2n) is 6.82. The van der Waals surface area contributed by atoms with Crippen LogP contribution in [0.4, 0.5) is 5.69 Å². The van der Waals surface area contributed by atoms with Gasteiger partial charge in [-0.05, 0) is 37.6 Å². The summed E-state index contributed by atoms with van der Waals surface area (Å²) >= 11 is 12.4. The molecule has 28 heavy (non-hydrogen) atoms. The molecule has 0 bridgehead atoms. The number of carbonyl (C=O) groups excluding carboxylic acids is 1. The number of hydrogen-bond acceptors (Lipinski definition) is 4. The minimum Gasteiger partial charge on any atom is -0.495 e. The molecular weight excluding hydrogens is 399 g/mol. The van der Waals surface area contributed by atoms with Crippen molar-refractivity contribution in [3.05, 3.63) is 52.0 Å². The number of piperidine rings is 1. The molecule has 0 aliphatic carbocycles. The van der Waals surface area contributed by atoms with Gasteiger partial charge in [-0.1, -0.05) is 41.4 Å². The monoisotopic (exact) mass is 422 g/mol. The average Bonchev–Trinajstić information content (AvgIpc) is 2.71. The summed E-state index contributed by atoms with van der Waals surface area (Å²) < 4.78 is 10.6. The summed E-state index contributed by atoms with van der Waals surface area (Å²) in [6, 6.07) is 11.2. The number of carbonyl (C=O) groups is 1. The zero-order valence-electron chi connectivity index (χ0n) is 16.0. The average molecular weight is 423 g/mol. The lowest BCUT2D eigenvalue weighted by molar-refractivity contribution is -0.121. The van der Waals surface area contributed by atoms with Crippen LogP contribution in [0.3, 0.4) is 0 Å². The van der Waals surface area contributed by atoms with E-state index in [0.29, 0.717) is 22.2 Å². The van der Waals surface area contributed by atoms with Gasteiger partial charge in [-0.25, -0.2) is 0 Å². The van der Waals surface area contributed by atoms with Gasteiger partial charge in [0.05, 0.1) is 24.9 Å². The number of ether oxygens (including phenoxy) is 2. The van der Waals surface area contributed by atoms with Gasteiger partial charge in [-0.2, -0.15) is 0 Å². The minimum absolute atomic E-state index is 0.0138. The maximum atomic E-state index is 12.8. The van der Waals surface area contributed by atoms with Crippen LogP contribution >= 0.6 is 23.2 Å². The molecule has 0 atom stereocenters. The van der Waals surface area contributed by atoms with Gasteiger partial charge in [0.1, 0.15) is 11.5 Å². The summed E-state index contributed by atoms with van der Waals surface area (Å²) in [5, 5.41) is 4.18. The molecule has 150 valence electrons. The van der Waals surface area contributed by atoms with Crippen LogP contribution in [0.1, 0.15) is 18.4 Å². The van der Waals surface area contributed by atoms with Crippen LogP contribution in [0.5, 0.6) is 11.5 Å². The van der Waals surface area contributed by atoms with Crippen molar-refractivity contribution in [2.75, 3.05) is 32.6 Å². The Morgan fingerprint density at radius 1 is 1.07 bits per heavy atom. The third-order valence-electron chi connectivity index (χ3n) is 5.04. The molecule has 2 aromatic rings. The lowest BCUT2D eigenvalue weighted by atomic mass is 9.95. The summed E-state index contributed by atoms with van der Waals surface area (Å²) in [6.07, 6.45) is 1.59. The second kappa shape index (κ2) is 9.50. The van der Waals surface area contributed by atoms with Gasteiger partial charge in [0, 0.05) is 29.6 Å². The predicted molar refractivity (Wildman–Crippen MR) is 113 cm³/mol. The Morgan fingerprint density at radius 2 is 1.75 bits per heavy atom. The molecule has 3 rings (SSSR count). The SMILES string of the molecule is COc1cc(NC(=O)C2CCN(Cc3ccccc3Cl)CC2)c(OC)cc1Cl. The van der Waals surface area contributed by atoms with E-state index in [1.807, 2.05) is 24.3 Å². The molecule has 1 aliphatic rings. The predicted octanol–water partition coefficient (Wildman–Crippen LogP) is 4.86. The highest BCUT2D eigenvalue weighted by molar-refractivity contribution is 6.32. The Labute approximate surface area is 175 Å². The smallest absolute Gasteiger partial charge is 0.227 e. The molecule has 1 N–H and O–H groups in total. The molecule has 2 aromatic carbocycles. The van der Waals surface area contributed by atoms with Crippen LogP contribution < -0.4 is 14.8 Å². The number of rotatable bonds is 6. The van der Waals surface area contributed by atoms with Gasteiger partial charge in [-0.15, -0.1) is 0 Å². The molecule has 0 aromatic heterocycles. The molecule has 5 nitrogen and oxygen atoms in total. The normalized spacial score (nSPS) is 15.3. The van der Waals surface area contributed by atoms with E-state index in [0.717, 1.165) is 43.1 Å². The van der Waals surface area contributed by atoms with Crippen LogP contribution in [0.15, 0.2) is 36.4 Å². The van der Waals surface area contributed by atoms with Gasteiger partial charge >= 0.3 is 0 Å². The van der Waals surface area contributed by atoms with Crippen molar-refractivity contribution in [1.29, 1.82) is 0 Å². The number of halogens is 2. The van der Waals surface area contributed by atoms with Crippen LogP contribution in [0.2, 0.25) is 10.0 Å². The molecule has 0 saturated carbocycles. The first-order valence-corrected chi connectivity index (χ1v) is 9.95. The van der Waals surface area contributed by atoms with Gasteiger partial charge in [0.25, 0.3) is 0 Å². The summed E-state index contributed by atoms with van der Waals surface area (Å²) in [4.78, 5) is 15.1. The Balaban J connectivity index is 1.59. The summed E-state index contributed by atoms with van der Waals surface area (Å²) in [5.41, 5.74) is 1.68. The van der Waals surface area contributed by atoms with Crippen molar-refractivity contribution >= 4 is 34.8 Å². The number of benzene rings is 2. The van der Waals surface area contributed by atoms with Gasteiger partial charge < -0.3 is 14.8 Å². The quantitative estimate of drug-likeness (QED) is 0.721. The topological polar surface area (TPSA) is 50.8 Å². The van der Waals surface area contributed by atoms with Crippen LogP contribution in [0, 0.1) is 5.92 Å². The van der Waals surface area contributed by atoms with E-state index in [1.54, 1.807) is 19.2 Å². The van der Waals surface area contributed by atoms with E-state index in [2.05, 4.69) is 10.2 Å². The number of nitrogens with zero attached hydrogens (tertiary/aromatic N) is 1. The molecule has 1 fully saturated rings. The first-order chi connectivity index (χ1) is 13.5. The standard InChI is InChI=1S/C21H24Cl2N2O3/c1-27-19-12-18(20(28-2)11-17(19)23)24-21(26)14-7-9-25(10-8-14)13-15-5-3-4-6-16(15)22/h3-6,11-12,14H,7-10,13H2,1-2H3,(H,24,26). The second-order valence-corrected chi connectivity index (χ2v) is 7.63. The van der Waals surface area contributed by atoms with Crippen molar-refractivity contribution in [3.8, 4) is 11.5 Å². The highest BCUT2D eigenvalue weighted by Gasteiger charge is 2.26. The zero-order valence-corrected chi connectivity index (χ0v) is 17.5. The number of amides is 1. The van der Waals surface area contributed by atoms with Crippen molar-refractivity contribution < 1.29 is 14.3 Å². The third-order valence-corrected chi connectivity index (χ3v) is 5.71. The fourth-order valence-corrected chi connectivity index (χ4v) is 3.84. The Kier molecular flexibility index (Phi) is 7.05. The maximum Gasteiger partial charge on any atom is 0.227 e. The lowest BCUT2D eigenvalue weighted by Gasteiger charge is -2.31. The molecule has 0 spiro atoms. The zero-order chi connectivity index (χ0) is 20.1. The first kappa shape index (κ1) is 20.8. The van der Waals surface area contributed by atoms with Gasteiger partial charge in [0.15, 0.2) is 0 Å². The molecular formula is C21H24Cl2N2O3. The number of hydrogen-bond donors (Lipinski definition) is 1. The van der Waals surface area contributed by atoms with E-state index >= 15 is 0 Å². The van der Waals surface area contributed by atoms with Gasteiger partial charge in [0.2, 0.25) is 5.91 Å². The molecule has 7 heteroatoms. The largest absolute Gasteiger partial charge is 0.495 e. The molecule has 0 unspecified atom stereocenters. The summed E-state index contributed by atoms with van der Waals surface area (Å²) in [6.45, 7) is 2.50. The number of nitrogens with one attached hydrogen (secondary N) is 1. The summed E-state index contributed by atoms with van der Waals surface area (Å²) in [5.74, 6) is 0.941. The molecule has 1 aliphatic heterocycles. The number of likely N-dealkylation sites (tertiary alicyclic amines) is 1. The highest BCUT2D eigenvalue weighted by atomic mass is 35.5. The number of methoxy groups -OCH3 is 2. The Hall–Kier alpha value is -1.95. The number of anilines is 1. The first-order valence-electron chi connectivity index (χ1n) is 9.20. The lowest BCUT2D eigenvalue weighted by Crippen LogP contribution is -2.37. The van der Waals surface area contributed by atoms with Crippen molar-refractivity contribution in [3.63, 3.8) is 0 Å². The van der Waals surface area contributed by atoms with E-state index in [-0.39, 0.29) is 11.8 Å². The van der Waals surface area contributed by atoms with E-state index in [1.165, 1.54) is 7.11 Å². The fourth-order valence-electron chi connectivity index (χ4n) is 3.41. The summed E-state index contributed by atoms with van der Waals surface area (Å²) in [7, 11) is 3.08. The van der Waals surface area contributed by atoms with Crippen molar-refractivity contribution in [1.82, 2.24) is 4.90 Å². The Bertz CT molecular complexity index is 836. The molecule has 1 amide bonds. The maximum absolute atomic E-state index is 12.8. The Morgan fingerprint density at radius 3 is 2.39 bits per heavy atom. The fraction of sp³-hybridized carbons (Fsp3) is 0.381. The van der Waals surface area contributed by atoms with Crippen molar-refractivity contribution in [2.24, 2.45) is 5.92 Å². The van der Waals surface area contributed by atoms with E-state index in [4.69, 9.17) is 32.7 Å². The van der Waals surface area contributed by atoms with E-state index < -0.39 is 0 Å². The highest BCUT2D eigenvalue weighted by Crippen LogP contribution is 2.36. The van der Waals surface area contributed by atoms with Crippen LogP contribution in [0.25, 0.3) is 0 Å². The molecule has 1 saturated heterocycles. The molecule has 1 heterocycles. The van der Waals surface area contributed by atoms with Crippen LogP contribution in [-0.2, 0) is 11.3 Å². The van der Waals surface area contributed by atoms with Crippen LogP contribution in [-0.4, -0.2) is 38.1 Å². The van der Waals surface area contributed by atoms with Crippen molar-refractivity contribution in [2.45, 2.75) is 19.4 Å². The van der Waals surface area contributed by atoms with E-state index in [9.17, 15) is 4.79 Å². The molecule has 0 radical (unpaired) electrons.